The highest BCUT2D eigenvalue weighted by Gasteiger charge is 2.32. The van der Waals surface area contributed by atoms with Crippen molar-refractivity contribution in [3.8, 4) is 17.1 Å². The van der Waals surface area contributed by atoms with E-state index in [0.717, 1.165) is 25.3 Å². The third-order valence-electron chi connectivity index (χ3n) is 4.84. The first-order valence-electron chi connectivity index (χ1n) is 8.28. The van der Waals surface area contributed by atoms with Crippen molar-refractivity contribution in [1.82, 2.24) is 4.90 Å². The van der Waals surface area contributed by atoms with Gasteiger partial charge in [-0.2, -0.15) is 0 Å². The van der Waals surface area contributed by atoms with E-state index < -0.39 is 4.92 Å². The van der Waals surface area contributed by atoms with E-state index in [-0.39, 0.29) is 23.5 Å². The summed E-state index contributed by atoms with van der Waals surface area (Å²) in [6, 6.07) is 8.41. The maximum absolute atomic E-state index is 11.3. The molecule has 1 atom stereocenters. The van der Waals surface area contributed by atoms with Crippen molar-refractivity contribution >= 4 is 18.1 Å². The van der Waals surface area contributed by atoms with Gasteiger partial charge in [-0.25, -0.2) is 0 Å². The number of ether oxygens (including phenoxy) is 1. The monoisotopic (exact) mass is 381 g/mol. The molecule has 0 spiro atoms. The highest BCUT2D eigenvalue weighted by Crippen LogP contribution is 2.35. The summed E-state index contributed by atoms with van der Waals surface area (Å²) in [5, 5.41) is 11.3. The standard InChI is InChI=1S/C18H23N3O4.ClH/c1-18(11-19)7-8-20(12-18)10-14-4-6-17(25-14)15-5-3-13(24-2)9-16(15)21(22)23;/h3-6,9H,7-8,10-12,19H2,1-2H3;1H. The number of nitrogens with zero attached hydrogens (tertiary/aromatic N) is 2. The van der Waals surface area contributed by atoms with Gasteiger partial charge < -0.3 is 14.9 Å². The predicted molar refractivity (Wildman–Crippen MR) is 102 cm³/mol. The van der Waals surface area contributed by atoms with Crippen LogP contribution in [0.5, 0.6) is 5.75 Å². The van der Waals surface area contributed by atoms with Gasteiger partial charge in [0, 0.05) is 6.54 Å². The molecule has 0 radical (unpaired) electrons. The van der Waals surface area contributed by atoms with E-state index in [4.69, 9.17) is 14.9 Å². The lowest BCUT2D eigenvalue weighted by atomic mass is 9.90. The fraction of sp³-hybridized carbons (Fsp3) is 0.444. The minimum absolute atomic E-state index is 0. The van der Waals surface area contributed by atoms with Crippen LogP contribution in [0.3, 0.4) is 0 Å². The molecule has 2 heterocycles. The van der Waals surface area contributed by atoms with Crippen molar-refractivity contribution < 1.29 is 14.1 Å². The van der Waals surface area contributed by atoms with E-state index in [0.29, 0.717) is 30.2 Å². The van der Waals surface area contributed by atoms with Gasteiger partial charge in [-0.1, -0.05) is 6.92 Å². The number of nitro groups is 1. The smallest absolute Gasteiger partial charge is 0.284 e. The van der Waals surface area contributed by atoms with E-state index in [1.807, 2.05) is 6.07 Å². The number of hydrogen-bond donors (Lipinski definition) is 1. The second-order valence-corrected chi connectivity index (χ2v) is 6.88. The van der Waals surface area contributed by atoms with Gasteiger partial charge in [0.2, 0.25) is 0 Å². The molecule has 0 saturated carbocycles. The number of benzene rings is 1. The molecular formula is C18H24ClN3O4. The van der Waals surface area contributed by atoms with Crippen LogP contribution in [-0.2, 0) is 6.54 Å². The molecule has 1 aliphatic heterocycles. The predicted octanol–water partition coefficient (Wildman–Crippen LogP) is 3.46. The van der Waals surface area contributed by atoms with Crippen LogP contribution >= 0.6 is 12.4 Å². The summed E-state index contributed by atoms with van der Waals surface area (Å²) in [5.74, 6) is 1.73. The van der Waals surface area contributed by atoms with Gasteiger partial charge in [-0.15, -0.1) is 12.4 Å². The Morgan fingerprint density at radius 3 is 2.77 bits per heavy atom. The molecule has 1 fully saturated rings. The van der Waals surface area contributed by atoms with Crippen molar-refractivity contribution in [2.75, 3.05) is 26.7 Å². The number of likely N-dealkylation sites (tertiary alicyclic amines) is 1. The second-order valence-electron chi connectivity index (χ2n) is 6.88. The van der Waals surface area contributed by atoms with E-state index in [1.54, 1.807) is 18.2 Å². The molecule has 2 aromatic rings. The Balaban J connectivity index is 0.00000243. The number of rotatable bonds is 6. The Morgan fingerprint density at radius 2 is 2.15 bits per heavy atom. The molecule has 8 heteroatoms. The van der Waals surface area contributed by atoms with Crippen molar-refractivity contribution in [3.63, 3.8) is 0 Å². The fourth-order valence-corrected chi connectivity index (χ4v) is 3.25. The van der Waals surface area contributed by atoms with Crippen LogP contribution in [-0.4, -0.2) is 36.6 Å². The van der Waals surface area contributed by atoms with E-state index in [2.05, 4.69) is 11.8 Å². The zero-order chi connectivity index (χ0) is 18.0. The summed E-state index contributed by atoms with van der Waals surface area (Å²) in [4.78, 5) is 13.2. The first kappa shape index (κ1) is 20.2. The molecule has 2 N–H and O–H groups in total. The lowest BCUT2D eigenvalue weighted by Gasteiger charge is -2.21. The Kier molecular flexibility index (Phi) is 6.28. The Morgan fingerprint density at radius 1 is 1.38 bits per heavy atom. The number of furan rings is 1. The molecule has 26 heavy (non-hydrogen) atoms. The van der Waals surface area contributed by atoms with Crippen molar-refractivity contribution in [2.45, 2.75) is 19.9 Å². The van der Waals surface area contributed by atoms with Gasteiger partial charge >= 0.3 is 0 Å². The summed E-state index contributed by atoms with van der Waals surface area (Å²) in [6.07, 6.45) is 1.07. The average Bonchev–Trinajstić information content (AvgIpc) is 3.22. The van der Waals surface area contributed by atoms with E-state index in [1.165, 1.54) is 13.2 Å². The molecular weight excluding hydrogens is 358 g/mol. The number of methoxy groups -OCH3 is 1. The molecule has 1 saturated heterocycles. The summed E-state index contributed by atoms with van der Waals surface area (Å²) in [5.41, 5.74) is 6.42. The maximum Gasteiger partial charge on any atom is 0.284 e. The zero-order valence-electron chi connectivity index (χ0n) is 14.9. The van der Waals surface area contributed by atoms with Crippen LogP contribution in [0.4, 0.5) is 5.69 Å². The van der Waals surface area contributed by atoms with Crippen LogP contribution in [0.15, 0.2) is 34.7 Å². The van der Waals surface area contributed by atoms with Crippen LogP contribution in [0.1, 0.15) is 19.1 Å². The molecule has 3 rings (SSSR count). The Bertz CT molecular complexity index is 780. The van der Waals surface area contributed by atoms with Crippen LogP contribution in [0, 0.1) is 15.5 Å². The van der Waals surface area contributed by atoms with Gasteiger partial charge in [0.05, 0.1) is 30.2 Å². The van der Waals surface area contributed by atoms with Gasteiger partial charge in [0.25, 0.3) is 5.69 Å². The molecule has 1 aromatic heterocycles. The number of hydrogen-bond acceptors (Lipinski definition) is 6. The van der Waals surface area contributed by atoms with Gasteiger partial charge in [0.1, 0.15) is 17.3 Å². The quantitative estimate of drug-likeness (QED) is 0.608. The minimum atomic E-state index is -0.423. The third kappa shape index (κ3) is 4.17. The lowest BCUT2D eigenvalue weighted by molar-refractivity contribution is -0.384. The summed E-state index contributed by atoms with van der Waals surface area (Å²) in [7, 11) is 1.48. The zero-order valence-corrected chi connectivity index (χ0v) is 15.8. The second kappa shape index (κ2) is 8.07. The minimum Gasteiger partial charge on any atom is -0.497 e. The first-order valence-corrected chi connectivity index (χ1v) is 8.28. The highest BCUT2D eigenvalue weighted by molar-refractivity contribution is 5.85. The fourth-order valence-electron chi connectivity index (χ4n) is 3.25. The molecule has 0 aliphatic carbocycles. The largest absolute Gasteiger partial charge is 0.497 e. The van der Waals surface area contributed by atoms with E-state index in [9.17, 15) is 10.1 Å². The summed E-state index contributed by atoms with van der Waals surface area (Å²) < 4.78 is 10.9. The normalized spacial score (nSPS) is 20.0. The van der Waals surface area contributed by atoms with Gasteiger partial charge in [-0.3, -0.25) is 15.0 Å². The Labute approximate surface area is 158 Å². The molecule has 0 bridgehead atoms. The number of nitrogens with two attached hydrogens (primary N) is 1. The first-order chi connectivity index (χ1) is 11.9. The number of nitro benzene ring substituents is 1. The number of halogens is 1. The van der Waals surface area contributed by atoms with Crippen molar-refractivity contribution in [3.05, 3.63) is 46.2 Å². The maximum atomic E-state index is 11.3. The summed E-state index contributed by atoms with van der Waals surface area (Å²) in [6.45, 7) is 5.46. The molecule has 1 aliphatic rings. The SMILES string of the molecule is COc1ccc(-c2ccc(CN3CCC(C)(CN)C3)o2)c([N+](=O)[O-])c1.Cl. The van der Waals surface area contributed by atoms with Gasteiger partial charge in [-0.05, 0) is 49.2 Å². The van der Waals surface area contributed by atoms with Crippen LogP contribution in [0.2, 0.25) is 0 Å². The Hall–Kier alpha value is -2.09. The van der Waals surface area contributed by atoms with Crippen LogP contribution in [0.25, 0.3) is 11.3 Å². The van der Waals surface area contributed by atoms with Crippen LogP contribution < -0.4 is 10.5 Å². The van der Waals surface area contributed by atoms with Crippen molar-refractivity contribution in [1.29, 1.82) is 0 Å². The van der Waals surface area contributed by atoms with E-state index >= 15 is 0 Å². The van der Waals surface area contributed by atoms with Gasteiger partial charge in [0.15, 0.2) is 0 Å². The third-order valence-corrected chi connectivity index (χ3v) is 4.84. The summed E-state index contributed by atoms with van der Waals surface area (Å²) >= 11 is 0. The topological polar surface area (TPSA) is 94.8 Å². The lowest BCUT2D eigenvalue weighted by Crippen LogP contribution is -2.31. The van der Waals surface area contributed by atoms with Crippen molar-refractivity contribution in [2.24, 2.45) is 11.1 Å². The molecule has 1 unspecified atom stereocenters. The molecule has 1 aromatic carbocycles. The highest BCUT2D eigenvalue weighted by atomic mass is 35.5. The average molecular weight is 382 g/mol. The molecule has 7 nitrogen and oxygen atoms in total. The molecule has 142 valence electrons. The molecule has 0 amide bonds.